The molecule has 0 bridgehead atoms. The summed E-state index contributed by atoms with van der Waals surface area (Å²) in [5, 5.41) is 17.2. The van der Waals surface area contributed by atoms with Gasteiger partial charge in [-0.15, -0.1) is 0 Å². The van der Waals surface area contributed by atoms with Gasteiger partial charge in [-0.05, 0) is 43.0 Å². The van der Waals surface area contributed by atoms with Gasteiger partial charge in [0.25, 0.3) is 11.8 Å². The molecular weight excluding hydrogens is 266 g/mol. The molecule has 2 N–H and O–H groups in total. The van der Waals surface area contributed by atoms with E-state index in [-0.39, 0.29) is 0 Å². The molecule has 21 heavy (non-hydrogen) atoms. The van der Waals surface area contributed by atoms with Crippen LogP contribution in [-0.4, -0.2) is 27.4 Å². The van der Waals surface area contributed by atoms with E-state index in [1.54, 1.807) is 0 Å². The second-order valence-corrected chi connectivity index (χ2v) is 6.07. The highest BCUT2D eigenvalue weighted by Crippen LogP contribution is 2.20. The standard InChI is InChI=1S/C16H23N3O2/c1-12(2)9-10-16(3,20)11-17-15-18-14(21-19-15)13-7-5-4-6-8-13/h4-8,12,20H,9-11H2,1-3H3,(H,17,19). The first-order chi connectivity index (χ1) is 9.96. The number of hydrogen-bond acceptors (Lipinski definition) is 5. The Bertz CT molecular complexity index is 550. The number of aliphatic hydroxyl groups is 1. The molecule has 5 heteroatoms. The predicted molar refractivity (Wildman–Crippen MR) is 82.9 cm³/mol. The van der Waals surface area contributed by atoms with Gasteiger partial charge in [-0.25, -0.2) is 0 Å². The number of rotatable bonds is 7. The third-order valence-corrected chi connectivity index (χ3v) is 3.33. The molecule has 5 nitrogen and oxygen atoms in total. The topological polar surface area (TPSA) is 71.2 Å². The SMILES string of the molecule is CC(C)CCC(C)(O)CNc1noc(-c2ccccc2)n1. The minimum atomic E-state index is -0.780. The molecule has 1 aromatic carbocycles. The molecule has 1 atom stereocenters. The van der Waals surface area contributed by atoms with E-state index in [1.165, 1.54) is 0 Å². The molecule has 0 aliphatic rings. The van der Waals surface area contributed by atoms with Crippen LogP contribution < -0.4 is 5.32 Å². The van der Waals surface area contributed by atoms with Crippen molar-refractivity contribution in [3.05, 3.63) is 30.3 Å². The van der Waals surface area contributed by atoms with E-state index in [9.17, 15) is 5.11 Å². The second kappa shape index (κ2) is 6.72. The molecule has 0 aliphatic heterocycles. The second-order valence-electron chi connectivity index (χ2n) is 6.07. The quantitative estimate of drug-likeness (QED) is 0.818. The van der Waals surface area contributed by atoms with Gasteiger partial charge in [-0.3, -0.25) is 0 Å². The van der Waals surface area contributed by atoms with E-state index < -0.39 is 5.60 Å². The number of nitrogens with zero attached hydrogens (tertiary/aromatic N) is 2. The molecule has 0 fully saturated rings. The smallest absolute Gasteiger partial charge is 0.263 e. The molecule has 0 spiro atoms. The zero-order valence-electron chi connectivity index (χ0n) is 12.8. The molecular formula is C16H23N3O2. The van der Waals surface area contributed by atoms with E-state index in [0.717, 1.165) is 18.4 Å². The Morgan fingerprint density at radius 3 is 2.67 bits per heavy atom. The van der Waals surface area contributed by atoms with Crippen molar-refractivity contribution >= 4 is 5.95 Å². The first kappa shape index (κ1) is 15.5. The monoisotopic (exact) mass is 289 g/mol. The maximum Gasteiger partial charge on any atom is 0.263 e. The summed E-state index contributed by atoms with van der Waals surface area (Å²) >= 11 is 0. The van der Waals surface area contributed by atoms with Crippen molar-refractivity contribution in [1.29, 1.82) is 0 Å². The van der Waals surface area contributed by atoms with Gasteiger partial charge < -0.3 is 14.9 Å². The number of anilines is 1. The lowest BCUT2D eigenvalue weighted by molar-refractivity contribution is 0.0584. The first-order valence-corrected chi connectivity index (χ1v) is 7.32. The molecule has 2 rings (SSSR count). The summed E-state index contributed by atoms with van der Waals surface area (Å²) in [4.78, 5) is 4.28. The van der Waals surface area contributed by atoms with E-state index in [1.807, 2.05) is 37.3 Å². The number of nitrogens with one attached hydrogen (secondary N) is 1. The van der Waals surface area contributed by atoms with Crippen LogP contribution >= 0.6 is 0 Å². The van der Waals surface area contributed by atoms with Crippen molar-refractivity contribution in [3.8, 4) is 11.5 Å². The van der Waals surface area contributed by atoms with E-state index in [4.69, 9.17) is 4.52 Å². The van der Waals surface area contributed by atoms with Crippen molar-refractivity contribution in [2.75, 3.05) is 11.9 Å². The van der Waals surface area contributed by atoms with Gasteiger partial charge in [-0.1, -0.05) is 32.0 Å². The zero-order valence-corrected chi connectivity index (χ0v) is 12.8. The summed E-state index contributed by atoms with van der Waals surface area (Å²) < 4.78 is 5.21. The Balaban J connectivity index is 1.91. The van der Waals surface area contributed by atoms with Crippen molar-refractivity contribution in [3.63, 3.8) is 0 Å². The number of aromatic nitrogens is 2. The minimum absolute atomic E-state index is 0.396. The minimum Gasteiger partial charge on any atom is -0.388 e. The molecule has 1 heterocycles. The fraction of sp³-hybridized carbons (Fsp3) is 0.500. The van der Waals surface area contributed by atoms with Gasteiger partial charge in [-0.2, -0.15) is 4.98 Å². The highest BCUT2D eigenvalue weighted by Gasteiger charge is 2.21. The molecule has 0 saturated heterocycles. The molecule has 114 valence electrons. The number of hydrogen-bond donors (Lipinski definition) is 2. The van der Waals surface area contributed by atoms with Gasteiger partial charge in [0.05, 0.1) is 5.60 Å². The Morgan fingerprint density at radius 2 is 2.00 bits per heavy atom. The maximum atomic E-state index is 10.3. The summed E-state index contributed by atoms with van der Waals surface area (Å²) in [7, 11) is 0. The van der Waals surface area contributed by atoms with Crippen molar-refractivity contribution in [1.82, 2.24) is 10.1 Å². The fourth-order valence-electron chi connectivity index (χ4n) is 1.95. The Morgan fingerprint density at radius 1 is 1.29 bits per heavy atom. The van der Waals surface area contributed by atoms with Crippen LogP contribution in [0.5, 0.6) is 0 Å². The molecule has 1 unspecified atom stereocenters. The van der Waals surface area contributed by atoms with Crippen LogP contribution in [0.4, 0.5) is 5.95 Å². The third-order valence-electron chi connectivity index (χ3n) is 3.33. The van der Waals surface area contributed by atoms with Crippen LogP contribution in [0, 0.1) is 5.92 Å². The van der Waals surface area contributed by atoms with Gasteiger partial charge in [0.1, 0.15) is 0 Å². The summed E-state index contributed by atoms with van der Waals surface area (Å²) in [6.45, 7) is 6.51. The summed E-state index contributed by atoms with van der Waals surface area (Å²) in [5.41, 5.74) is 0.0993. The Kier molecular flexibility index (Phi) is 4.96. The van der Waals surface area contributed by atoms with Crippen LogP contribution in [0.1, 0.15) is 33.6 Å². The maximum absolute atomic E-state index is 10.3. The molecule has 2 aromatic rings. The highest BCUT2D eigenvalue weighted by molar-refractivity contribution is 5.53. The van der Waals surface area contributed by atoms with E-state index in [2.05, 4.69) is 29.3 Å². The van der Waals surface area contributed by atoms with Gasteiger partial charge in [0, 0.05) is 12.1 Å². The number of benzene rings is 1. The van der Waals surface area contributed by atoms with Crippen molar-refractivity contribution in [2.45, 2.75) is 39.2 Å². The Hall–Kier alpha value is -1.88. The van der Waals surface area contributed by atoms with Gasteiger partial charge >= 0.3 is 0 Å². The molecule has 0 amide bonds. The normalized spacial score (nSPS) is 14.1. The fourth-order valence-corrected chi connectivity index (χ4v) is 1.95. The Labute approximate surface area is 125 Å². The van der Waals surface area contributed by atoms with E-state index >= 15 is 0 Å². The van der Waals surface area contributed by atoms with Crippen LogP contribution in [0.15, 0.2) is 34.9 Å². The first-order valence-electron chi connectivity index (χ1n) is 7.32. The summed E-state index contributed by atoms with van der Waals surface area (Å²) in [6.07, 6.45) is 1.72. The summed E-state index contributed by atoms with van der Waals surface area (Å²) in [5.74, 6) is 1.45. The van der Waals surface area contributed by atoms with Gasteiger partial charge in [0.2, 0.25) is 0 Å². The average Bonchev–Trinajstić information content (AvgIpc) is 2.93. The van der Waals surface area contributed by atoms with Crippen LogP contribution in [0.3, 0.4) is 0 Å². The van der Waals surface area contributed by atoms with Gasteiger partial charge in [0.15, 0.2) is 0 Å². The molecule has 0 aliphatic carbocycles. The third kappa shape index (κ3) is 4.86. The van der Waals surface area contributed by atoms with Crippen LogP contribution in [0.2, 0.25) is 0 Å². The lowest BCUT2D eigenvalue weighted by Gasteiger charge is -2.24. The lowest BCUT2D eigenvalue weighted by atomic mass is 9.95. The predicted octanol–water partition coefficient (Wildman–Crippen LogP) is 3.34. The average molecular weight is 289 g/mol. The molecule has 0 saturated carbocycles. The molecule has 1 aromatic heterocycles. The lowest BCUT2D eigenvalue weighted by Crippen LogP contribution is -2.34. The zero-order chi connectivity index (χ0) is 15.3. The molecule has 0 radical (unpaired) electrons. The summed E-state index contributed by atoms with van der Waals surface area (Å²) in [6, 6.07) is 9.60. The van der Waals surface area contributed by atoms with E-state index in [0.29, 0.717) is 24.3 Å². The van der Waals surface area contributed by atoms with Crippen LogP contribution in [0.25, 0.3) is 11.5 Å². The van der Waals surface area contributed by atoms with Crippen LogP contribution in [-0.2, 0) is 0 Å². The van der Waals surface area contributed by atoms with Crippen molar-refractivity contribution < 1.29 is 9.63 Å². The highest BCUT2D eigenvalue weighted by atomic mass is 16.5. The largest absolute Gasteiger partial charge is 0.388 e. The van der Waals surface area contributed by atoms with Crippen molar-refractivity contribution in [2.24, 2.45) is 5.92 Å².